The highest BCUT2D eigenvalue weighted by atomic mass is 79.9. The van der Waals surface area contributed by atoms with E-state index < -0.39 is 17.8 Å². The fourth-order valence-electron chi connectivity index (χ4n) is 1.57. The molecule has 2 rings (SSSR count). The number of amides is 2. The molecule has 0 saturated carbocycles. The number of alkyl halides is 3. The van der Waals surface area contributed by atoms with Gasteiger partial charge in [0.15, 0.2) is 0 Å². The van der Waals surface area contributed by atoms with Crippen LogP contribution in [0.1, 0.15) is 5.56 Å². The van der Waals surface area contributed by atoms with Crippen molar-refractivity contribution in [2.45, 2.75) is 6.18 Å². The van der Waals surface area contributed by atoms with Gasteiger partial charge in [0.25, 0.3) is 0 Å². The van der Waals surface area contributed by atoms with Crippen molar-refractivity contribution < 1.29 is 18.0 Å². The van der Waals surface area contributed by atoms with Crippen molar-refractivity contribution in [1.29, 1.82) is 0 Å². The van der Waals surface area contributed by atoms with Crippen LogP contribution in [0, 0.1) is 0 Å². The number of carbonyl (C=O) groups is 1. The third kappa shape index (κ3) is 4.49. The normalized spacial score (nSPS) is 11.0. The Bertz CT molecular complexity index is 624. The van der Waals surface area contributed by atoms with E-state index in [0.717, 1.165) is 16.6 Å². The van der Waals surface area contributed by atoms with E-state index in [1.165, 1.54) is 12.1 Å². The van der Waals surface area contributed by atoms with Crippen LogP contribution in [0.4, 0.5) is 29.3 Å². The van der Waals surface area contributed by atoms with Gasteiger partial charge in [-0.05, 0) is 48.5 Å². The summed E-state index contributed by atoms with van der Waals surface area (Å²) in [6.45, 7) is 0. The fourth-order valence-corrected chi connectivity index (χ4v) is 1.83. The molecule has 0 spiro atoms. The lowest BCUT2D eigenvalue weighted by molar-refractivity contribution is -0.137. The summed E-state index contributed by atoms with van der Waals surface area (Å²) < 4.78 is 38.1. The van der Waals surface area contributed by atoms with Crippen molar-refractivity contribution in [3.63, 3.8) is 0 Å². The predicted octanol–water partition coefficient (Wildman–Crippen LogP) is 5.11. The zero-order valence-corrected chi connectivity index (χ0v) is 12.1. The van der Waals surface area contributed by atoms with Crippen molar-refractivity contribution >= 4 is 33.3 Å². The van der Waals surface area contributed by atoms with E-state index in [4.69, 9.17) is 0 Å². The first-order valence-corrected chi connectivity index (χ1v) is 6.65. The van der Waals surface area contributed by atoms with Crippen LogP contribution in [-0.4, -0.2) is 6.03 Å². The SMILES string of the molecule is O=C(Nc1ccc(Br)cc1)Nc1ccc(C(F)(F)F)cc1. The Labute approximate surface area is 127 Å². The van der Waals surface area contributed by atoms with Crippen LogP contribution in [0.25, 0.3) is 0 Å². The predicted molar refractivity (Wildman–Crippen MR) is 78.2 cm³/mol. The third-order valence-electron chi connectivity index (χ3n) is 2.57. The highest BCUT2D eigenvalue weighted by Crippen LogP contribution is 2.29. The first kappa shape index (κ1) is 15.4. The average molecular weight is 359 g/mol. The van der Waals surface area contributed by atoms with E-state index in [1.54, 1.807) is 24.3 Å². The average Bonchev–Trinajstić information content (AvgIpc) is 2.41. The summed E-state index contributed by atoms with van der Waals surface area (Å²) in [4.78, 5) is 11.7. The minimum atomic E-state index is -4.39. The van der Waals surface area contributed by atoms with E-state index in [2.05, 4.69) is 26.6 Å². The second-order valence-electron chi connectivity index (χ2n) is 4.16. The Balaban J connectivity index is 1.98. The van der Waals surface area contributed by atoms with Gasteiger partial charge >= 0.3 is 12.2 Å². The zero-order chi connectivity index (χ0) is 15.5. The molecule has 2 aromatic carbocycles. The molecule has 110 valence electrons. The number of urea groups is 1. The second kappa shape index (κ2) is 6.17. The van der Waals surface area contributed by atoms with Crippen molar-refractivity contribution in [2.75, 3.05) is 10.6 Å². The number of benzene rings is 2. The van der Waals surface area contributed by atoms with Gasteiger partial charge in [0.2, 0.25) is 0 Å². The van der Waals surface area contributed by atoms with Crippen LogP contribution < -0.4 is 10.6 Å². The summed E-state index contributed by atoms with van der Waals surface area (Å²) in [7, 11) is 0. The maximum absolute atomic E-state index is 12.4. The monoisotopic (exact) mass is 358 g/mol. The molecule has 0 atom stereocenters. The van der Waals surface area contributed by atoms with E-state index >= 15 is 0 Å². The van der Waals surface area contributed by atoms with Crippen LogP contribution in [0.5, 0.6) is 0 Å². The highest BCUT2D eigenvalue weighted by Gasteiger charge is 2.29. The summed E-state index contributed by atoms with van der Waals surface area (Å²) in [5.74, 6) is 0. The molecule has 2 amide bonds. The lowest BCUT2D eigenvalue weighted by Gasteiger charge is -2.10. The van der Waals surface area contributed by atoms with Gasteiger partial charge in [-0.2, -0.15) is 13.2 Å². The van der Waals surface area contributed by atoms with Crippen molar-refractivity contribution in [1.82, 2.24) is 0 Å². The molecule has 0 aliphatic heterocycles. The molecule has 3 nitrogen and oxygen atoms in total. The summed E-state index contributed by atoms with van der Waals surface area (Å²) in [5.41, 5.74) is 0.0848. The van der Waals surface area contributed by atoms with Crippen molar-refractivity contribution in [3.8, 4) is 0 Å². The van der Waals surface area contributed by atoms with E-state index in [1.807, 2.05) is 0 Å². The third-order valence-corrected chi connectivity index (χ3v) is 3.10. The number of anilines is 2. The maximum atomic E-state index is 12.4. The van der Waals surface area contributed by atoms with E-state index in [9.17, 15) is 18.0 Å². The largest absolute Gasteiger partial charge is 0.416 e. The highest BCUT2D eigenvalue weighted by molar-refractivity contribution is 9.10. The molecule has 0 bridgehead atoms. The van der Waals surface area contributed by atoms with Gasteiger partial charge in [-0.3, -0.25) is 0 Å². The molecule has 0 aromatic heterocycles. The molecule has 0 aliphatic carbocycles. The van der Waals surface area contributed by atoms with Gasteiger partial charge in [0.05, 0.1) is 5.56 Å². The number of halogens is 4. The summed E-state index contributed by atoms with van der Waals surface area (Å²) >= 11 is 3.27. The quantitative estimate of drug-likeness (QED) is 0.769. The topological polar surface area (TPSA) is 41.1 Å². The van der Waals surface area contributed by atoms with Crippen LogP contribution in [0.3, 0.4) is 0 Å². The van der Waals surface area contributed by atoms with Gasteiger partial charge in [-0.15, -0.1) is 0 Å². The molecular formula is C14H10BrF3N2O. The van der Waals surface area contributed by atoms with E-state index in [0.29, 0.717) is 5.69 Å². The Morgan fingerprint density at radius 3 is 1.71 bits per heavy atom. The molecule has 21 heavy (non-hydrogen) atoms. The lowest BCUT2D eigenvalue weighted by atomic mass is 10.2. The minimum absolute atomic E-state index is 0.276. The van der Waals surface area contributed by atoms with Gasteiger partial charge in [-0.25, -0.2) is 4.79 Å². The zero-order valence-electron chi connectivity index (χ0n) is 10.5. The lowest BCUT2D eigenvalue weighted by Crippen LogP contribution is -2.19. The standard InChI is InChI=1S/C14H10BrF3N2O/c15-10-3-7-12(8-4-10)20-13(21)19-11-5-1-9(2-6-11)14(16,17)18/h1-8H,(H2,19,20,21). The molecule has 0 heterocycles. The number of hydrogen-bond acceptors (Lipinski definition) is 1. The number of carbonyl (C=O) groups excluding carboxylic acids is 1. The van der Waals surface area contributed by atoms with Crippen LogP contribution in [-0.2, 0) is 6.18 Å². The molecular weight excluding hydrogens is 349 g/mol. The Hall–Kier alpha value is -2.02. The van der Waals surface area contributed by atoms with Gasteiger partial charge in [0.1, 0.15) is 0 Å². The van der Waals surface area contributed by atoms with Gasteiger partial charge < -0.3 is 10.6 Å². The molecule has 0 fully saturated rings. The number of rotatable bonds is 2. The molecule has 0 radical (unpaired) electrons. The summed E-state index contributed by atoms with van der Waals surface area (Å²) in [6.07, 6.45) is -4.39. The smallest absolute Gasteiger partial charge is 0.308 e. The Kier molecular flexibility index (Phi) is 4.52. The van der Waals surface area contributed by atoms with Gasteiger partial charge in [-0.1, -0.05) is 15.9 Å². The van der Waals surface area contributed by atoms with Crippen molar-refractivity contribution in [3.05, 3.63) is 58.6 Å². The van der Waals surface area contributed by atoms with Crippen molar-refractivity contribution in [2.24, 2.45) is 0 Å². The van der Waals surface area contributed by atoms with Crippen LogP contribution >= 0.6 is 15.9 Å². The molecule has 2 N–H and O–H groups in total. The summed E-state index contributed by atoms with van der Waals surface area (Å²) in [6, 6.07) is 10.6. The Morgan fingerprint density at radius 1 is 0.857 bits per heavy atom. The fraction of sp³-hybridized carbons (Fsp3) is 0.0714. The number of nitrogens with one attached hydrogen (secondary N) is 2. The second-order valence-corrected chi connectivity index (χ2v) is 5.08. The van der Waals surface area contributed by atoms with Crippen LogP contribution in [0.2, 0.25) is 0 Å². The summed E-state index contributed by atoms with van der Waals surface area (Å²) in [5, 5.41) is 5.02. The van der Waals surface area contributed by atoms with E-state index in [-0.39, 0.29) is 5.69 Å². The number of hydrogen-bond donors (Lipinski definition) is 2. The molecule has 0 unspecified atom stereocenters. The minimum Gasteiger partial charge on any atom is -0.308 e. The molecule has 7 heteroatoms. The molecule has 0 saturated heterocycles. The molecule has 2 aromatic rings. The van der Waals surface area contributed by atoms with Crippen LogP contribution in [0.15, 0.2) is 53.0 Å². The Morgan fingerprint density at radius 2 is 1.29 bits per heavy atom. The first-order valence-electron chi connectivity index (χ1n) is 5.85. The first-order chi connectivity index (χ1) is 9.84. The maximum Gasteiger partial charge on any atom is 0.416 e. The molecule has 0 aliphatic rings. The van der Waals surface area contributed by atoms with Gasteiger partial charge in [0, 0.05) is 15.8 Å².